The summed E-state index contributed by atoms with van der Waals surface area (Å²) in [6.45, 7) is 0. The lowest BCUT2D eigenvalue weighted by atomic mass is 9.62. The zero-order valence-corrected chi connectivity index (χ0v) is 10.0. The Morgan fingerprint density at radius 1 is 1.11 bits per heavy atom. The van der Waals surface area contributed by atoms with Gasteiger partial charge in [-0.2, -0.15) is 0 Å². The second-order valence-electron chi connectivity index (χ2n) is 6.91. The Morgan fingerprint density at radius 2 is 1.94 bits per heavy atom. The molecular formula is C15H14O3. The van der Waals surface area contributed by atoms with Crippen LogP contribution in [0.25, 0.3) is 0 Å². The van der Waals surface area contributed by atoms with Gasteiger partial charge >= 0.3 is 0 Å². The molecule has 0 saturated heterocycles. The Bertz CT molecular complexity index is 572. The van der Waals surface area contributed by atoms with E-state index in [9.17, 15) is 14.4 Å². The Balaban J connectivity index is 1.75. The zero-order chi connectivity index (χ0) is 12.2. The average Bonchev–Trinajstić information content (AvgIpc) is 2.99. The Hall–Kier alpha value is -1.25. The summed E-state index contributed by atoms with van der Waals surface area (Å²) in [6, 6.07) is 0. The summed E-state index contributed by atoms with van der Waals surface area (Å²) in [7, 11) is 0. The van der Waals surface area contributed by atoms with Crippen molar-refractivity contribution in [2.24, 2.45) is 35.0 Å². The molecule has 6 atom stereocenters. The lowest BCUT2D eigenvalue weighted by molar-refractivity contribution is -0.142. The molecule has 0 aliphatic heterocycles. The molecule has 3 heteroatoms. The highest BCUT2D eigenvalue weighted by molar-refractivity contribution is 6.68. The summed E-state index contributed by atoms with van der Waals surface area (Å²) in [6.07, 6.45) is 6.55. The van der Waals surface area contributed by atoms with E-state index < -0.39 is 5.78 Å². The third-order valence-corrected chi connectivity index (χ3v) is 6.61. The van der Waals surface area contributed by atoms with E-state index in [2.05, 4.69) is 6.08 Å². The summed E-state index contributed by atoms with van der Waals surface area (Å²) in [5.41, 5.74) is 1.48. The van der Waals surface area contributed by atoms with E-state index in [0.29, 0.717) is 17.8 Å². The third-order valence-electron chi connectivity index (χ3n) is 6.61. The molecule has 0 N–H and O–H groups in total. The first kappa shape index (κ1) is 9.65. The van der Waals surface area contributed by atoms with E-state index in [1.54, 1.807) is 0 Å². The first-order valence-corrected chi connectivity index (χ1v) is 6.94. The van der Waals surface area contributed by atoms with Gasteiger partial charge in [-0.15, -0.1) is 0 Å². The van der Waals surface area contributed by atoms with Crippen molar-refractivity contribution in [2.75, 3.05) is 0 Å². The fourth-order valence-electron chi connectivity index (χ4n) is 6.25. The number of carbonyl (C=O) groups excluding carboxylic acids is 3. The van der Waals surface area contributed by atoms with Crippen LogP contribution in [-0.4, -0.2) is 17.3 Å². The molecule has 3 nitrogen and oxygen atoms in total. The van der Waals surface area contributed by atoms with Crippen LogP contribution < -0.4 is 0 Å². The predicted octanol–water partition coefficient (Wildman–Crippen LogP) is 1.32. The van der Waals surface area contributed by atoms with Crippen LogP contribution in [0.3, 0.4) is 0 Å². The molecule has 5 aliphatic rings. The number of hydrogen-bond donors (Lipinski definition) is 0. The molecule has 4 saturated carbocycles. The minimum absolute atomic E-state index is 0.00123. The van der Waals surface area contributed by atoms with Crippen LogP contribution in [0.4, 0.5) is 0 Å². The Morgan fingerprint density at radius 3 is 2.78 bits per heavy atom. The monoisotopic (exact) mass is 242 g/mol. The van der Waals surface area contributed by atoms with Crippen LogP contribution in [0.5, 0.6) is 0 Å². The molecule has 0 aromatic heterocycles. The van der Waals surface area contributed by atoms with Crippen LogP contribution in [0.1, 0.15) is 25.7 Å². The summed E-state index contributed by atoms with van der Waals surface area (Å²) in [5.74, 6) is -0.395. The number of allylic oxidation sites excluding steroid dienone is 2. The molecule has 6 unspecified atom stereocenters. The second-order valence-corrected chi connectivity index (χ2v) is 6.91. The SMILES string of the molecule is O=C1C(=O)C2C3CC4(CC5=CCC3C4C5)C2C1=O. The van der Waals surface area contributed by atoms with Crippen LogP contribution in [0.15, 0.2) is 11.6 Å². The van der Waals surface area contributed by atoms with Crippen LogP contribution in [0.2, 0.25) is 0 Å². The lowest BCUT2D eigenvalue weighted by Crippen LogP contribution is -2.40. The van der Waals surface area contributed by atoms with Crippen molar-refractivity contribution in [3.8, 4) is 0 Å². The molecule has 1 spiro atoms. The minimum Gasteiger partial charge on any atom is -0.290 e. The van der Waals surface area contributed by atoms with Gasteiger partial charge in [0.05, 0.1) is 0 Å². The molecule has 5 rings (SSSR count). The molecule has 92 valence electrons. The van der Waals surface area contributed by atoms with Crippen molar-refractivity contribution in [1.82, 2.24) is 0 Å². The van der Waals surface area contributed by atoms with E-state index in [1.165, 1.54) is 5.57 Å². The summed E-state index contributed by atoms with van der Waals surface area (Å²) < 4.78 is 0. The maximum Gasteiger partial charge on any atom is 0.264 e. The van der Waals surface area contributed by atoms with Gasteiger partial charge < -0.3 is 0 Å². The highest BCUT2D eigenvalue weighted by Crippen LogP contribution is 2.75. The number of Topliss-reactive ketones (excluding diaryl/α,β-unsaturated/α-hetero) is 3. The highest BCUT2D eigenvalue weighted by atomic mass is 16.2. The van der Waals surface area contributed by atoms with Crippen molar-refractivity contribution in [1.29, 1.82) is 0 Å². The van der Waals surface area contributed by atoms with Gasteiger partial charge in [-0.1, -0.05) is 11.6 Å². The molecular weight excluding hydrogens is 228 g/mol. The Kier molecular flexibility index (Phi) is 1.36. The Labute approximate surface area is 105 Å². The van der Waals surface area contributed by atoms with Crippen molar-refractivity contribution >= 4 is 17.3 Å². The first-order valence-electron chi connectivity index (χ1n) is 6.94. The molecule has 0 aromatic rings. The lowest BCUT2D eigenvalue weighted by Gasteiger charge is -2.39. The maximum absolute atomic E-state index is 12.2. The fourth-order valence-corrected chi connectivity index (χ4v) is 6.25. The van der Waals surface area contributed by atoms with Crippen molar-refractivity contribution in [3.05, 3.63) is 11.6 Å². The van der Waals surface area contributed by atoms with Crippen molar-refractivity contribution < 1.29 is 14.4 Å². The largest absolute Gasteiger partial charge is 0.290 e. The summed E-state index contributed by atoms with van der Waals surface area (Å²) >= 11 is 0. The molecule has 4 fully saturated rings. The van der Waals surface area contributed by atoms with Gasteiger partial charge in [-0.3, -0.25) is 14.4 Å². The summed E-state index contributed by atoms with van der Waals surface area (Å²) in [4.78, 5) is 35.9. The quantitative estimate of drug-likeness (QED) is 0.475. The normalized spacial score (nSPS) is 55.2. The molecule has 5 aliphatic carbocycles. The van der Waals surface area contributed by atoms with Crippen molar-refractivity contribution in [2.45, 2.75) is 25.7 Å². The minimum atomic E-state index is -0.688. The van der Waals surface area contributed by atoms with Gasteiger partial charge in [0.15, 0.2) is 0 Å². The average molecular weight is 242 g/mol. The van der Waals surface area contributed by atoms with E-state index >= 15 is 0 Å². The highest BCUT2D eigenvalue weighted by Gasteiger charge is 2.75. The molecule has 18 heavy (non-hydrogen) atoms. The van der Waals surface area contributed by atoms with Gasteiger partial charge in [-0.05, 0) is 48.9 Å². The van der Waals surface area contributed by atoms with Gasteiger partial charge in [0.1, 0.15) is 0 Å². The number of fused-ring (bicyclic) bond motifs is 5. The number of carbonyl (C=O) groups is 3. The van der Waals surface area contributed by atoms with E-state index in [0.717, 1.165) is 25.7 Å². The smallest absolute Gasteiger partial charge is 0.264 e. The summed E-state index contributed by atoms with van der Waals surface area (Å²) in [5, 5.41) is 0. The van der Waals surface area contributed by atoms with Crippen LogP contribution in [-0.2, 0) is 14.4 Å². The number of rotatable bonds is 0. The zero-order valence-electron chi connectivity index (χ0n) is 10.0. The van der Waals surface area contributed by atoms with Gasteiger partial charge in [0.2, 0.25) is 11.6 Å². The number of ketones is 3. The van der Waals surface area contributed by atoms with Crippen LogP contribution >= 0.6 is 0 Å². The van der Waals surface area contributed by atoms with E-state index in [1.807, 2.05) is 0 Å². The molecule has 0 radical (unpaired) electrons. The molecule has 4 bridgehead atoms. The van der Waals surface area contributed by atoms with Crippen molar-refractivity contribution in [3.63, 3.8) is 0 Å². The fraction of sp³-hybridized carbons (Fsp3) is 0.667. The van der Waals surface area contributed by atoms with Gasteiger partial charge in [-0.25, -0.2) is 0 Å². The third kappa shape index (κ3) is 0.731. The van der Waals surface area contributed by atoms with E-state index in [-0.39, 0.29) is 28.8 Å². The van der Waals surface area contributed by atoms with Gasteiger partial charge in [0, 0.05) is 11.8 Å². The molecule has 0 heterocycles. The topological polar surface area (TPSA) is 51.2 Å². The molecule has 0 aromatic carbocycles. The maximum atomic E-state index is 12.2. The molecule has 0 amide bonds. The van der Waals surface area contributed by atoms with Gasteiger partial charge in [0.25, 0.3) is 5.78 Å². The van der Waals surface area contributed by atoms with E-state index in [4.69, 9.17) is 0 Å². The second kappa shape index (κ2) is 2.54. The first-order chi connectivity index (χ1) is 8.63. The standard InChI is InChI=1S/C15H14O3/c16-12-10-8-5-15(11(10)13(17)14(12)18)4-6-1-2-7(8)9(15)3-6/h1,7-11H,2-5H2. The predicted molar refractivity (Wildman–Crippen MR) is 61.5 cm³/mol. The van der Waals surface area contributed by atoms with Crippen LogP contribution in [0, 0.1) is 35.0 Å². The number of hydrogen-bond acceptors (Lipinski definition) is 3.